The lowest BCUT2D eigenvalue weighted by atomic mass is 10.1. The highest BCUT2D eigenvalue weighted by Gasteiger charge is 2.28. The number of nitrogens with one attached hydrogen (secondary N) is 1. The summed E-state index contributed by atoms with van der Waals surface area (Å²) in [5.41, 5.74) is 2.69. The van der Waals surface area contributed by atoms with Crippen LogP contribution in [0.4, 0.5) is 5.88 Å². The number of aromatic nitrogens is 2. The molecule has 0 aliphatic carbocycles. The lowest BCUT2D eigenvalue weighted by Crippen LogP contribution is -2.07. The highest BCUT2D eigenvalue weighted by Crippen LogP contribution is 2.32. The normalized spacial score (nSPS) is 11.3. The van der Waals surface area contributed by atoms with Gasteiger partial charge in [-0.3, -0.25) is 4.98 Å². The molecule has 0 unspecified atom stereocenters. The van der Waals surface area contributed by atoms with E-state index in [2.05, 4.69) is 15.3 Å². The molecular formula is C22H19N3O3S. The Bertz CT molecular complexity index is 1200. The minimum atomic E-state index is -3.85. The zero-order valence-electron chi connectivity index (χ0n) is 15.7. The van der Waals surface area contributed by atoms with E-state index in [-0.39, 0.29) is 21.7 Å². The maximum atomic E-state index is 13.2. The number of nitrogens with zero attached hydrogens (tertiary/aromatic N) is 2. The second-order valence-corrected chi connectivity index (χ2v) is 8.42. The molecule has 0 bridgehead atoms. The molecule has 2 aromatic heterocycles. The number of oxazole rings is 1. The van der Waals surface area contributed by atoms with Crippen LogP contribution in [0.2, 0.25) is 0 Å². The summed E-state index contributed by atoms with van der Waals surface area (Å²) in [5, 5.41) is 2.92. The third-order valence-corrected chi connectivity index (χ3v) is 6.06. The van der Waals surface area contributed by atoms with Crippen molar-refractivity contribution in [1.82, 2.24) is 9.97 Å². The summed E-state index contributed by atoms with van der Waals surface area (Å²) < 4.78 is 32.2. The molecule has 0 saturated carbocycles. The van der Waals surface area contributed by atoms with E-state index in [1.807, 2.05) is 43.3 Å². The van der Waals surface area contributed by atoms with Gasteiger partial charge in [0.15, 0.2) is 0 Å². The van der Waals surface area contributed by atoms with Crippen LogP contribution >= 0.6 is 0 Å². The van der Waals surface area contributed by atoms with Crippen LogP contribution in [0.1, 0.15) is 11.1 Å². The van der Waals surface area contributed by atoms with Gasteiger partial charge in [-0.15, -0.1) is 0 Å². The average Bonchev–Trinajstić information content (AvgIpc) is 3.19. The molecular weight excluding hydrogens is 386 g/mol. The highest BCUT2D eigenvalue weighted by atomic mass is 32.2. The van der Waals surface area contributed by atoms with Crippen LogP contribution in [0.5, 0.6) is 0 Å². The maximum absolute atomic E-state index is 13.2. The Labute approximate surface area is 169 Å². The topological polar surface area (TPSA) is 85.1 Å². The number of anilines is 1. The smallest absolute Gasteiger partial charge is 0.234 e. The predicted octanol–water partition coefficient (Wildman–Crippen LogP) is 4.49. The Morgan fingerprint density at radius 1 is 0.966 bits per heavy atom. The fourth-order valence-corrected chi connectivity index (χ4v) is 4.12. The zero-order valence-corrected chi connectivity index (χ0v) is 16.6. The molecule has 0 aliphatic rings. The van der Waals surface area contributed by atoms with E-state index in [1.54, 1.807) is 42.7 Å². The van der Waals surface area contributed by atoms with Crippen molar-refractivity contribution in [1.29, 1.82) is 0 Å². The summed E-state index contributed by atoms with van der Waals surface area (Å²) in [7, 11) is -3.85. The van der Waals surface area contributed by atoms with Gasteiger partial charge in [0.1, 0.15) is 0 Å². The van der Waals surface area contributed by atoms with Gasteiger partial charge in [0.2, 0.25) is 26.6 Å². The number of rotatable bonds is 6. The van der Waals surface area contributed by atoms with Gasteiger partial charge in [0, 0.05) is 24.5 Å². The van der Waals surface area contributed by atoms with Crippen LogP contribution in [0, 0.1) is 6.92 Å². The van der Waals surface area contributed by atoms with Crippen molar-refractivity contribution in [3.05, 3.63) is 90.3 Å². The Hall–Kier alpha value is -3.45. The molecule has 4 rings (SSSR count). The fourth-order valence-electron chi connectivity index (χ4n) is 2.82. The number of hydrogen-bond acceptors (Lipinski definition) is 6. The van der Waals surface area contributed by atoms with E-state index >= 15 is 0 Å². The highest BCUT2D eigenvalue weighted by molar-refractivity contribution is 7.91. The Morgan fingerprint density at radius 3 is 2.41 bits per heavy atom. The van der Waals surface area contributed by atoms with Gasteiger partial charge in [0.25, 0.3) is 0 Å². The van der Waals surface area contributed by atoms with Crippen LogP contribution in [0.15, 0.2) is 93.5 Å². The van der Waals surface area contributed by atoms with Crippen molar-refractivity contribution in [2.24, 2.45) is 0 Å². The molecule has 4 aromatic rings. The van der Waals surface area contributed by atoms with Crippen molar-refractivity contribution in [2.75, 3.05) is 5.32 Å². The average molecular weight is 405 g/mol. The fraction of sp³-hybridized carbons (Fsp3) is 0.0909. The summed E-state index contributed by atoms with van der Waals surface area (Å²) in [4.78, 5) is 8.57. The summed E-state index contributed by atoms with van der Waals surface area (Å²) in [6.45, 7) is 2.33. The van der Waals surface area contributed by atoms with Gasteiger partial charge in [-0.2, -0.15) is 4.98 Å². The number of aryl methyl sites for hydroxylation is 1. The number of pyridine rings is 1. The van der Waals surface area contributed by atoms with Gasteiger partial charge >= 0.3 is 0 Å². The number of benzene rings is 2. The Morgan fingerprint density at radius 2 is 1.72 bits per heavy atom. The first kappa shape index (κ1) is 18.9. The quantitative estimate of drug-likeness (QED) is 0.509. The SMILES string of the molecule is Cc1ccc(-c2nc(S(=O)(=O)c3ccccc3)c(NCc3cccnc3)o2)cc1. The van der Waals surface area contributed by atoms with Crippen LogP contribution in [-0.2, 0) is 16.4 Å². The van der Waals surface area contributed by atoms with E-state index in [0.717, 1.165) is 11.1 Å². The molecule has 2 aromatic carbocycles. The zero-order chi connectivity index (χ0) is 20.3. The molecule has 1 N–H and O–H groups in total. The van der Waals surface area contributed by atoms with E-state index < -0.39 is 9.84 Å². The van der Waals surface area contributed by atoms with E-state index in [1.165, 1.54) is 0 Å². The van der Waals surface area contributed by atoms with Gasteiger partial charge in [-0.1, -0.05) is 42.0 Å². The summed E-state index contributed by atoms with van der Waals surface area (Å²) in [6.07, 6.45) is 3.38. The van der Waals surface area contributed by atoms with Gasteiger partial charge in [0.05, 0.1) is 4.90 Å². The molecule has 6 nitrogen and oxygen atoms in total. The summed E-state index contributed by atoms with van der Waals surface area (Å²) >= 11 is 0. The van der Waals surface area contributed by atoms with Crippen molar-refractivity contribution in [3.63, 3.8) is 0 Å². The molecule has 0 spiro atoms. The van der Waals surface area contributed by atoms with E-state index in [4.69, 9.17) is 4.42 Å². The molecule has 0 radical (unpaired) electrons. The first-order valence-electron chi connectivity index (χ1n) is 9.05. The van der Waals surface area contributed by atoms with Crippen molar-refractivity contribution in [2.45, 2.75) is 23.4 Å². The monoisotopic (exact) mass is 405 g/mol. The second-order valence-electron chi connectivity index (χ2n) is 6.55. The van der Waals surface area contributed by atoms with E-state index in [9.17, 15) is 8.42 Å². The van der Waals surface area contributed by atoms with Crippen LogP contribution < -0.4 is 5.32 Å². The van der Waals surface area contributed by atoms with Gasteiger partial charge in [-0.05, 0) is 42.8 Å². The number of sulfone groups is 1. The largest absolute Gasteiger partial charge is 0.419 e. The Kier molecular flexibility index (Phi) is 5.14. The molecule has 0 aliphatic heterocycles. The van der Waals surface area contributed by atoms with Crippen molar-refractivity contribution >= 4 is 15.7 Å². The van der Waals surface area contributed by atoms with Crippen LogP contribution in [-0.4, -0.2) is 18.4 Å². The third-order valence-electron chi connectivity index (χ3n) is 4.38. The first-order valence-corrected chi connectivity index (χ1v) is 10.5. The maximum Gasteiger partial charge on any atom is 0.234 e. The molecule has 0 saturated heterocycles. The second kappa shape index (κ2) is 7.89. The van der Waals surface area contributed by atoms with Crippen molar-refractivity contribution < 1.29 is 12.8 Å². The lowest BCUT2D eigenvalue weighted by molar-refractivity contribution is 0.576. The molecule has 0 fully saturated rings. The van der Waals surface area contributed by atoms with Crippen LogP contribution in [0.3, 0.4) is 0 Å². The van der Waals surface area contributed by atoms with Gasteiger partial charge in [-0.25, -0.2) is 8.42 Å². The minimum absolute atomic E-state index is 0.105. The first-order chi connectivity index (χ1) is 14.0. The molecule has 29 heavy (non-hydrogen) atoms. The van der Waals surface area contributed by atoms with Crippen molar-refractivity contribution in [3.8, 4) is 11.5 Å². The molecule has 0 atom stereocenters. The van der Waals surface area contributed by atoms with Crippen LogP contribution in [0.25, 0.3) is 11.5 Å². The minimum Gasteiger partial charge on any atom is -0.419 e. The molecule has 7 heteroatoms. The summed E-state index contributed by atoms with van der Waals surface area (Å²) in [6, 6.07) is 19.5. The summed E-state index contributed by atoms with van der Waals surface area (Å²) in [5.74, 6) is 0.349. The van der Waals surface area contributed by atoms with Gasteiger partial charge < -0.3 is 9.73 Å². The lowest BCUT2D eigenvalue weighted by Gasteiger charge is -2.06. The number of hydrogen-bond donors (Lipinski definition) is 1. The molecule has 146 valence electrons. The Balaban J connectivity index is 1.76. The van der Waals surface area contributed by atoms with E-state index in [0.29, 0.717) is 12.1 Å². The molecule has 0 amide bonds. The standard InChI is InChI=1S/C22H19N3O3S/c1-16-9-11-18(12-10-16)20-25-22(29(26,27)19-7-3-2-4-8-19)21(28-20)24-15-17-6-5-13-23-14-17/h2-14,24H,15H2,1H3. The molecule has 2 heterocycles. The third kappa shape index (κ3) is 4.05. The predicted molar refractivity (Wildman–Crippen MR) is 110 cm³/mol.